The van der Waals surface area contributed by atoms with Crippen LogP contribution in [-0.2, 0) is 4.79 Å². The lowest BCUT2D eigenvalue weighted by Gasteiger charge is -2.09. The highest BCUT2D eigenvalue weighted by atomic mass is 16.4. The van der Waals surface area contributed by atoms with Crippen LogP contribution in [0.3, 0.4) is 0 Å². The molecule has 58 valence electrons. The first kappa shape index (κ1) is 8.74. The Balaban J connectivity index is 3.68. The zero-order valence-corrected chi connectivity index (χ0v) is 5.93. The summed E-state index contributed by atoms with van der Waals surface area (Å²) in [6.45, 7) is 1.47. The van der Waals surface area contributed by atoms with Gasteiger partial charge in [0.15, 0.2) is 5.96 Å². The summed E-state index contributed by atoms with van der Waals surface area (Å²) in [4.78, 5) is 10.2. The summed E-state index contributed by atoms with van der Waals surface area (Å²) >= 11 is 0. The van der Waals surface area contributed by atoms with Crippen molar-refractivity contribution >= 4 is 11.9 Å². The fourth-order valence-corrected chi connectivity index (χ4v) is 0.350. The Morgan fingerprint density at radius 2 is 2.20 bits per heavy atom. The second-order valence-electron chi connectivity index (χ2n) is 1.83. The van der Waals surface area contributed by atoms with Gasteiger partial charge in [0.1, 0.15) is 6.04 Å². The monoisotopic (exact) mass is 145 g/mol. The summed E-state index contributed by atoms with van der Waals surface area (Å²) in [6, 6.07) is -0.722. The molecule has 5 heteroatoms. The molecule has 4 N–H and O–H groups in total. The molecule has 1 atom stereocenters. The molecule has 0 rings (SSSR count). The van der Waals surface area contributed by atoms with Crippen LogP contribution in [0.5, 0.6) is 0 Å². The molecule has 0 heterocycles. The van der Waals surface area contributed by atoms with Gasteiger partial charge in [-0.3, -0.25) is 10.2 Å². The van der Waals surface area contributed by atoms with E-state index < -0.39 is 12.0 Å². The van der Waals surface area contributed by atoms with Gasteiger partial charge in [-0.1, -0.05) is 0 Å². The molecule has 0 saturated heterocycles. The minimum Gasteiger partial charge on any atom is -0.480 e. The maximum atomic E-state index is 10.2. The summed E-state index contributed by atoms with van der Waals surface area (Å²) in [7, 11) is 1.55. The van der Waals surface area contributed by atoms with Crippen molar-refractivity contribution in [2.45, 2.75) is 13.0 Å². The molecule has 0 aliphatic rings. The van der Waals surface area contributed by atoms with Gasteiger partial charge in [-0.25, -0.2) is 0 Å². The molecule has 0 spiro atoms. The van der Waals surface area contributed by atoms with E-state index in [1.807, 2.05) is 0 Å². The maximum Gasteiger partial charge on any atom is 0.325 e. The summed E-state index contributed by atoms with van der Waals surface area (Å²) in [5.41, 5.74) is 0. The summed E-state index contributed by atoms with van der Waals surface area (Å²) < 4.78 is 0. The highest BCUT2D eigenvalue weighted by molar-refractivity contribution is 5.83. The van der Waals surface area contributed by atoms with Gasteiger partial charge >= 0.3 is 5.97 Å². The first-order valence-electron chi connectivity index (χ1n) is 2.83. The molecule has 0 saturated carbocycles. The van der Waals surface area contributed by atoms with Gasteiger partial charge < -0.3 is 15.7 Å². The van der Waals surface area contributed by atoms with Gasteiger partial charge in [0.25, 0.3) is 0 Å². The minimum absolute atomic E-state index is 0.00917. The summed E-state index contributed by atoms with van der Waals surface area (Å²) in [5, 5.41) is 20.2. The number of hydrogen-bond donors (Lipinski definition) is 4. The fourth-order valence-electron chi connectivity index (χ4n) is 0.350. The van der Waals surface area contributed by atoms with Gasteiger partial charge in [0.2, 0.25) is 0 Å². The van der Waals surface area contributed by atoms with Gasteiger partial charge in [0, 0.05) is 7.05 Å². The second-order valence-corrected chi connectivity index (χ2v) is 1.83. The number of carboxylic acid groups (broad SMARTS) is 1. The van der Waals surface area contributed by atoms with Crippen LogP contribution < -0.4 is 10.6 Å². The Kier molecular flexibility index (Phi) is 3.24. The molecule has 10 heavy (non-hydrogen) atoms. The highest BCUT2D eigenvalue weighted by Crippen LogP contribution is 1.78. The number of carboxylic acids is 1. The summed E-state index contributed by atoms with van der Waals surface area (Å²) in [6.07, 6.45) is 0. The molecule has 5 nitrogen and oxygen atoms in total. The van der Waals surface area contributed by atoms with E-state index >= 15 is 0 Å². The van der Waals surface area contributed by atoms with Crippen molar-refractivity contribution in [3.63, 3.8) is 0 Å². The molecule has 0 aromatic carbocycles. The quantitative estimate of drug-likeness (QED) is 0.303. The molecule has 0 aromatic rings. The van der Waals surface area contributed by atoms with E-state index in [-0.39, 0.29) is 5.96 Å². The van der Waals surface area contributed by atoms with E-state index in [1.165, 1.54) is 6.92 Å². The van der Waals surface area contributed by atoms with E-state index in [9.17, 15) is 4.79 Å². The third-order valence-corrected chi connectivity index (χ3v) is 0.981. The van der Waals surface area contributed by atoms with Crippen molar-refractivity contribution in [1.29, 1.82) is 5.41 Å². The van der Waals surface area contributed by atoms with Crippen molar-refractivity contribution in [3.8, 4) is 0 Å². The zero-order valence-electron chi connectivity index (χ0n) is 5.93. The molecule has 0 bridgehead atoms. The van der Waals surface area contributed by atoms with Crippen LogP contribution in [-0.4, -0.2) is 30.1 Å². The molecule has 0 aliphatic heterocycles. The molecular formula is C5H11N3O2. The average molecular weight is 145 g/mol. The molecule has 0 amide bonds. The molecule has 0 aliphatic carbocycles. The molecular weight excluding hydrogens is 134 g/mol. The van der Waals surface area contributed by atoms with E-state index in [2.05, 4.69) is 10.6 Å². The number of nitrogens with one attached hydrogen (secondary N) is 3. The second kappa shape index (κ2) is 3.71. The topological polar surface area (TPSA) is 85.2 Å². The number of carbonyl (C=O) groups is 1. The van der Waals surface area contributed by atoms with Crippen molar-refractivity contribution < 1.29 is 9.90 Å². The minimum atomic E-state index is -0.972. The lowest BCUT2D eigenvalue weighted by atomic mass is 10.3. The standard InChI is InChI=1S/C5H11N3O2/c1-3(4(9)10)8-5(6)7-2/h3H,1-2H3,(H,9,10)(H3,6,7,8). The van der Waals surface area contributed by atoms with Crippen molar-refractivity contribution in [2.75, 3.05) is 7.05 Å². The smallest absolute Gasteiger partial charge is 0.325 e. The Morgan fingerprint density at radius 3 is 2.50 bits per heavy atom. The Morgan fingerprint density at radius 1 is 1.70 bits per heavy atom. The lowest BCUT2D eigenvalue weighted by molar-refractivity contribution is -0.138. The largest absolute Gasteiger partial charge is 0.480 e. The van der Waals surface area contributed by atoms with Crippen molar-refractivity contribution in [2.24, 2.45) is 0 Å². The van der Waals surface area contributed by atoms with Gasteiger partial charge in [0.05, 0.1) is 0 Å². The molecule has 1 unspecified atom stereocenters. The third-order valence-electron chi connectivity index (χ3n) is 0.981. The predicted molar refractivity (Wildman–Crippen MR) is 37.0 cm³/mol. The molecule has 0 aromatic heterocycles. The van der Waals surface area contributed by atoms with Crippen molar-refractivity contribution in [3.05, 3.63) is 0 Å². The van der Waals surface area contributed by atoms with Crippen LogP contribution in [0.4, 0.5) is 0 Å². The average Bonchev–Trinajstić information content (AvgIpc) is 1.87. The molecule has 0 radical (unpaired) electrons. The number of hydrogen-bond acceptors (Lipinski definition) is 2. The first-order valence-corrected chi connectivity index (χ1v) is 2.83. The van der Waals surface area contributed by atoms with Crippen LogP contribution in [0.2, 0.25) is 0 Å². The normalized spacial score (nSPS) is 11.8. The van der Waals surface area contributed by atoms with Crippen LogP contribution >= 0.6 is 0 Å². The van der Waals surface area contributed by atoms with E-state index in [0.717, 1.165) is 0 Å². The predicted octanol–water partition coefficient (Wildman–Crippen LogP) is -0.797. The number of aliphatic carboxylic acids is 1. The zero-order chi connectivity index (χ0) is 8.15. The van der Waals surface area contributed by atoms with Crippen LogP contribution in [0, 0.1) is 5.41 Å². The van der Waals surface area contributed by atoms with Gasteiger partial charge in [-0.2, -0.15) is 0 Å². The molecule has 0 fully saturated rings. The summed E-state index contributed by atoms with van der Waals surface area (Å²) in [5.74, 6) is -0.963. The van der Waals surface area contributed by atoms with Gasteiger partial charge in [-0.05, 0) is 6.92 Å². The van der Waals surface area contributed by atoms with Crippen LogP contribution in [0.25, 0.3) is 0 Å². The Bertz CT molecular complexity index is 146. The van der Waals surface area contributed by atoms with Crippen molar-refractivity contribution in [1.82, 2.24) is 10.6 Å². The van der Waals surface area contributed by atoms with Gasteiger partial charge in [-0.15, -0.1) is 0 Å². The fraction of sp³-hybridized carbons (Fsp3) is 0.600. The Hall–Kier alpha value is -1.26. The maximum absolute atomic E-state index is 10.2. The lowest BCUT2D eigenvalue weighted by Crippen LogP contribution is -2.43. The number of rotatable bonds is 2. The first-order chi connectivity index (χ1) is 4.57. The van der Waals surface area contributed by atoms with E-state index in [4.69, 9.17) is 10.5 Å². The van der Waals surface area contributed by atoms with E-state index in [0.29, 0.717) is 0 Å². The van der Waals surface area contributed by atoms with Crippen LogP contribution in [0.1, 0.15) is 6.92 Å². The Labute approximate surface area is 58.9 Å². The van der Waals surface area contributed by atoms with Crippen LogP contribution in [0.15, 0.2) is 0 Å². The number of guanidine groups is 1. The third kappa shape index (κ3) is 2.91. The SMILES string of the molecule is CNC(=N)NC(C)C(=O)O. The highest BCUT2D eigenvalue weighted by Gasteiger charge is 2.09. The van der Waals surface area contributed by atoms with E-state index in [1.54, 1.807) is 7.05 Å².